The fourth-order valence-corrected chi connectivity index (χ4v) is 3.95. The van der Waals surface area contributed by atoms with Crippen molar-refractivity contribution in [2.75, 3.05) is 12.2 Å². The van der Waals surface area contributed by atoms with Crippen molar-refractivity contribution in [2.24, 2.45) is 5.10 Å². The number of nitrogens with one attached hydrogen (secondary N) is 2. The van der Waals surface area contributed by atoms with Gasteiger partial charge in [-0.3, -0.25) is 10.2 Å². The number of hydrogen-bond donors (Lipinski definition) is 2. The lowest BCUT2D eigenvalue weighted by Gasteiger charge is -2.13. The quantitative estimate of drug-likeness (QED) is 0.601. The van der Waals surface area contributed by atoms with Crippen LogP contribution in [-0.2, 0) is 13.0 Å². The highest BCUT2D eigenvalue weighted by Crippen LogP contribution is 2.33. The van der Waals surface area contributed by atoms with Crippen LogP contribution in [0, 0.1) is 6.92 Å². The van der Waals surface area contributed by atoms with E-state index in [2.05, 4.69) is 15.8 Å². The first-order valence-electron chi connectivity index (χ1n) is 10.4. The standard InChI is InChI=1S/C24H23N3O4/c1-15-22-18(27-26-17-6-3-2-4-7-17)8-5-9-20(22)31-23(15)24(28)25-13-16-10-11-19-21(12-16)30-14-29-19/h2-4,6-7,10-12,26H,5,8-9,13-14H2,1H3,(H,25,28)/b27-18+. The Morgan fingerprint density at radius 2 is 1.90 bits per heavy atom. The molecule has 2 aliphatic rings. The number of nitrogens with zero attached hydrogens (tertiary/aromatic N) is 1. The molecule has 7 heteroatoms. The van der Waals surface area contributed by atoms with Gasteiger partial charge in [-0.25, -0.2) is 0 Å². The number of hydrogen-bond acceptors (Lipinski definition) is 6. The van der Waals surface area contributed by atoms with Gasteiger partial charge in [0.15, 0.2) is 17.3 Å². The molecule has 0 radical (unpaired) electrons. The molecular formula is C24H23N3O4. The Bertz CT molecular complexity index is 1150. The molecule has 7 nitrogen and oxygen atoms in total. The van der Waals surface area contributed by atoms with E-state index in [0.717, 1.165) is 58.9 Å². The highest BCUT2D eigenvalue weighted by Gasteiger charge is 2.28. The summed E-state index contributed by atoms with van der Waals surface area (Å²) in [6.45, 7) is 2.52. The van der Waals surface area contributed by atoms with Crippen LogP contribution in [0.15, 0.2) is 58.0 Å². The van der Waals surface area contributed by atoms with Crippen molar-refractivity contribution < 1.29 is 18.7 Å². The second kappa shape index (κ2) is 8.18. The van der Waals surface area contributed by atoms with Gasteiger partial charge in [0.1, 0.15) is 5.76 Å². The van der Waals surface area contributed by atoms with Gasteiger partial charge < -0.3 is 19.2 Å². The van der Waals surface area contributed by atoms with Gasteiger partial charge in [-0.1, -0.05) is 24.3 Å². The van der Waals surface area contributed by atoms with E-state index in [4.69, 9.17) is 13.9 Å². The molecule has 1 aliphatic heterocycles. The summed E-state index contributed by atoms with van der Waals surface area (Å²) in [4.78, 5) is 12.9. The molecule has 2 heterocycles. The maximum atomic E-state index is 12.9. The summed E-state index contributed by atoms with van der Waals surface area (Å²) >= 11 is 0. The molecule has 0 bridgehead atoms. The second-order valence-electron chi connectivity index (χ2n) is 7.61. The molecule has 0 saturated heterocycles. The first-order valence-corrected chi connectivity index (χ1v) is 10.4. The highest BCUT2D eigenvalue weighted by atomic mass is 16.7. The van der Waals surface area contributed by atoms with E-state index in [-0.39, 0.29) is 12.7 Å². The predicted octanol–water partition coefficient (Wildman–Crippen LogP) is 4.40. The van der Waals surface area contributed by atoms with Crippen LogP contribution in [0.4, 0.5) is 5.69 Å². The number of amides is 1. The minimum absolute atomic E-state index is 0.227. The van der Waals surface area contributed by atoms with Gasteiger partial charge in [0.2, 0.25) is 6.79 Å². The Balaban J connectivity index is 1.32. The number of benzene rings is 2. The van der Waals surface area contributed by atoms with Crippen molar-refractivity contribution in [3.63, 3.8) is 0 Å². The first kappa shape index (κ1) is 19.2. The number of ether oxygens (including phenoxy) is 2. The molecule has 0 unspecified atom stereocenters. The smallest absolute Gasteiger partial charge is 0.287 e. The third kappa shape index (κ3) is 3.86. The van der Waals surface area contributed by atoms with Gasteiger partial charge in [0.05, 0.1) is 11.4 Å². The van der Waals surface area contributed by atoms with E-state index in [1.165, 1.54) is 0 Å². The Morgan fingerprint density at radius 3 is 2.77 bits per heavy atom. The SMILES string of the molecule is Cc1c(C(=O)NCc2ccc3c(c2)OCO3)oc2c1/C(=N/Nc1ccccc1)CCC2. The molecule has 0 saturated carbocycles. The van der Waals surface area contributed by atoms with Crippen molar-refractivity contribution in [2.45, 2.75) is 32.7 Å². The number of aryl methyl sites for hydroxylation is 1. The van der Waals surface area contributed by atoms with Crippen LogP contribution in [0.1, 0.15) is 45.8 Å². The van der Waals surface area contributed by atoms with Gasteiger partial charge in [0.25, 0.3) is 5.91 Å². The molecule has 0 fully saturated rings. The molecule has 3 aromatic rings. The normalized spacial score (nSPS) is 15.6. The average Bonchev–Trinajstić information content (AvgIpc) is 3.41. The topological polar surface area (TPSA) is 85.1 Å². The lowest BCUT2D eigenvalue weighted by molar-refractivity contribution is 0.0920. The van der Waals surface area contributed by atoms with Gasteiger partial charge in [0, 0.05) is 24.1 Å². The third-order valence-corrected chi connectivity index (χ3v) is 5.52. The minimum Gasteiger partial charge on any atom is -0.455 e. The van der Waals surface area contributed by atoms with Gasteiger partial charge in [-0.05, 0) is 49.6 Å². The van der Waals surface area contributed by atoms with Crippen molar-refractivity contribution in [3.05, 3.63) is 76.7 Å². The zero-order valence-electron chi connectivity index (χ0n) is 17.2. The predicted molar refractivity (Wildman–Crippen MR) is 117 cm³/mol. The number of hydrazone groups is 1. The summed E-state index contributed by atoms with van der Waals surface area (Å²) in [6.07, 6.45) is 2.58. The summed E-state index contributed by atoms with van der Waals surface area (Å²) in [7, 11) is 0. The number of carbonyl (C=O) groups is 1. The summed E-state index contributed by atoms with van der Waals surface area (Å²) in [5, 5.41) is 7.55. The van der Waals surface area contributed by atoms with Crippen LogP contribution in [0.5, 0.6) is 11.5 Å². The van der Waals surface area contributed by atoms with Gasteiger partial charge in [-0.15, -0.1) is 0 Å². The Kier molecular flexibility index (Phi) is 5.08. The molecular weight excluding hydrogens is 394 g/mol. The minimum atomic E-state index is -0.236. The summed E-state index contributed by atoms with van der Waals surface area (Å²) in [5.41, 5.74) is 7.65. The van der Waals surface area contributed by atoms with E-state index in [1.807, 2.05) is 55.5 Å². The van der Waals surface area contributed by atoms with Crippen LogP contribution in [0.25, 0.3) is 0 Å². The van der Waals surface area contributed by atoms with Crippen LogP contribution in [-0.4, -0.2) is 18.4 Å². The molecule has 1 aliphatic carbocycles. The monoisotopic (exact) mass is 417 g/mol. The fraction of sp³-hybridized carbons (Fsp3) is 0.250. The van der Waals surface area contributed by atoms with Crippen molar-refractivity contribution >= 4 is 17.3 Å². The molecule has 0 spiro atoms. The number of carbonyl (C=O) groups excluding carboxylic acids is 1. The third-order valence-electron chi connectivity index (χ3n) is 5.52. The maximum Gasteiger partial charge on any atom is 0.287 e. The van der Waals surface area contributed by atoms with Crippen molar-refractivity contribution in [1.82, 2.24) is 5.32 Å². The van der Waals surface area contributed by atoms with Crippen LogP contribution >= 0.6 is 0 Å². The maximum absolute atomic E-state index is 12.9. The Morgan fingerprint density at radius 1 is 1.06 bits per heavy atom. The van der Waals surface area contributed by atoms with E-state index in [0.29, 0.717) is 18.1 Å². The number of rotatable bonds is 5. The lowest BCUT2D eigenvalue weighted by atomic mass is 9.93. The fourth-order valence-electron chi connectivity index (χ4n) is 3.95. The molecule has 0 atom stereocenters. The number of anilines is 1. The largest absolute Gasteiger partial charge is 0.455 e. The van der Waals surface area contributed by atoms with E-state index in [9.17, 15) is 4.79 Å². The van der Waals surface area contributed by atoms with Gasteiger partial charge >= 0.3 is 0 Å². The number of fused-ring (bicyclic) bond motifs is 2. The van der Waals surface area contributed by atoms with E-state index >= 15 is 0 Å². The molecule has 158 valence electrons. The summed E-state index contributed by atoms with van der Waals surface area (Å²) in [5.74, 6) is 2.36. The molecule has 2 aromatic carbocycles. The molecule has 2 N–H and O–H groups in total. The zero-order valence-corrected chi connectivity index (χ0v) is 17.2. The van der Waals surface area contributed by atoms with Crippen LogP contribution < -0.4 is 20.2 Å². The van der Waals surface area contributed by atoms with Crippen molar-refractivity contribution in [3.8, 4) is 11.5 Å². The Hall–Kier alpha value is -3.74. The lowest BCUT2D eigenvalue weighted by Crippen LogP contribution is -2.23. The molecule has 5 rings (SSSR count). The number of furan rings is 1. The summed E-state index contributed by atoms with van der Waals surface area (Å²) in [6, 6.07) is 15.4. The molecule has 1 aromatic heterocycles. The second-order valence-corrected chi connectivity index (χ2v) is 7.61. The summed E-state index contributed by atoms with van der Waals surface area (Å²) < 4.78 is 16.7. The van der Waals surface area contributed by atoms with Crippen LogP contribution in [0.2, 0.25) is 0 Å². The van der Waals surface area contributed by atoms with E-state index < -0.39 is 0 Å². The van der Waals surface area contributed by atoms with Gasteiger partial charge in [-0.2, -0.15) is 5.10 Å². The first-order chi connectivity index (χ1) is 15.2. The molecule has 31 heavy (non-hydrogen) atoms. The number of para-hydroxylation sites is 1. The van der Waals surface area contributed by atoms with E-state index in [1.54, 1.807) is 0 Å². The average molecular weight is 417 g/mol. The Labute approximate surface area is 180 Å². The van der Waals surface area contributed by atoms with Crippen molar-refractivity contribution in [1.29, 1.82) is 0 Å². The highest BCUT2D eigenvalue weighted by molar-refractivity contribution is 6.06. The zero-order chi connectivity index (χ0) is 21.2. The van der Waals surface area contributed by atoms with Crippen LogP contribution in [0.3, 0.4) is 0 Å². The molecule has 1 amide bonds.